The minimum Gasteiger partial charge on any atom is -0.445 e. The summed E-state index contributed by atoms with van der Waals surface area (Å²) in [6.07, 6.45) is 1.41. The van der Waals surface area contributed by atoms with Crippen molar-refractivity contribution < 1.29 is 13.9 Å². The molecule has 2 atom stereocenters. The molecule has 5 heteroatoms. The first-order valence-corrected chi connectivity index (χ1v) is 10.5. The molecular formula is C24H29FN2O2. The lowest BCUT2D eigenvalue weighted by Crippen LogP contribution is -2.49. The van der Waals surface area contributed by atoms with Crippen LogP contribution in [0.4, 0.5) is 9.18 Å². The molecule has 0 unspecified atom stereocenters. The number of alkyl halides is 1. The molecule has 2 aromatic carbocycles. The average Bonchev–Trinajstić information content (AvgIpc) is 3.52. The number of hydrogen-bond donors (Lipinski definition) is 1. The van der Waals surface area contributed by atoms with Crippen molar-refractivity contribution in [1.29, 1.82) is 0 Å². The number of carbonyl (C=O) groups is 1. The van der Waals surface area contributed by atoms with E-state index in [0.29, 0.717) is 44.4 Å². The molecule has 4 nitrogen and oxygen atoms in total. The van der Waals surface area contributed by atoms with Gasteiger partial charge in [0.1, 0.15) is 12.3 Å². The summed E-state index contributed by atoms with van der Waals surface area (Å²) in [5, 5.41) is 3.41. The highest BCUT2D eigenvalue weighted by Gasteiger charge is 2.42. The first-order chi connectivity index (χ1) is 14.0. The number of likely N-dealkylation sites (tertiary alicyclic amines) is 1. The maximum atomic E-state index is 15.2. The number of nitrogens with one attached hydrogen (secondary N) is 1. The zero-order chi connectivity index (χ0) is 20.3. The molecule has 0 radical (unpaired) electrons. The molecule has 0 aromatic heterocycles. The van der Waals surface area contributed by atoms with Gasteiger partial charge in [-0.1, -0.05) is 60.2 Å². The molecule has 154 valence electrons. The number of benzene rings is 2. The zero-order valence-corrected chi connectivity index (χ0v) is 16.9. The van der Waals surface area contributed by atoms with E-state index in [1.807, 2.05) is 30.3 Å². The van der Waals surface area contributed by atoms with Gasteiger partial charge in [-0.2, -0.15) is 0 Å². The van der Waals surface area contributed by atoms with Crippen LogP contribution in [-0.2, 0) is 11.3 Å². The van der Waals surface area contributed by atoms with Crippen LogP contribution >= 0.6 is 0 Å². The minimum atomic E-state index is -1.25. The highest BCUT2D eigenvalue weighted by atomic mass is 19.1. The normalized spacial score (nSPS) is 22.9. The lowest BCUT2D eigenvalue weighted by atomic mass is 9.93. The third-order valence-corrected chi connectivity index (χ3v) is 6.10. The quantitative estimate of drug-likeness (QED) is 0.777. The van der Waals surface area contributed by atoms with Crippen LogP contribution in [0.25, 0.3) is 0 Å². The number of carbonyl (C=O) groups excluding carboxylic acids is 1. The second kappa shape index (κ2) is 8.54. The van der Waals surface area contributed by atoms with Crippen LogP contribution in [0.3, 0.4) is 0 Å². The van der Waals surface area contributed by atoms with Crippen LogP contribution < -0.4 is 5.32 Å². The molecule has 1 aliphatic carbocycles. The van der Waals surface area contributed by atoms with Crippen LogP contribution in [0.1, 0.15) is 41.9 Å². The Bertz CT molecular complexity index is 817. The second-order valence-corrected chi connectivity index (χ2v) is 8.42. The first-order valence-electron chi connectivity index (χ1n) is 10.5. The summed E-state index contributed by atoms with van der Waals surface area (Å²) in [4.78, 5) is 13.9. The number of hydrogen-bond acceptors (Lipinski definition) is 3. The highest BCUT2D eigenvalue weighted by Crippen LogP contribution is 2.41. The van der Waals surface area contributed by atoms with Gasteiger partial charge in [-0.25, -0.2) is 9.18 Å². The molecule has 0 spiro atoms. The SMILES string of the molecule is Cc1ccc([C@@H]2C[C@H]2NCC2(F)CCN(C(=O)OCc3ccccc3)CC2)cc1. The molecule has 1 aliphatic heterocycles. The fourth-order valence-corrected chi connectivity index (χ4v) is 3.99. The number of amides is 1. The fraction of sp³-hybridized carbons (Fsp3) is 0.458. The molecule has 1 amide bonds. The summed E-state index contributed by atoms with van der Waals surface area (Å²) in [7, 11) is 0. The van der Waals surface area contributed by atoms with E-state index in [2.05, 4.69) is 36.5 Å². The van der Waals surface area contributed by atoms with Crippen molar-refractivity contribution in [2.24, 2.45) is 0 Å². The van der Waals surface area contributed by atoms with E-state index in [-0.39, 0.29) is 12.7 Å². The van der Waals surface area contributed by atoms with Crippen molar-refractivity contribution in [3.8, 4) is 0 Å². The van der Waals surface area contributed by atoms with Gasteiger partial charge in [-0.15, -0.1) is 0 Å². The number of nitrogens with zero attached hydrogens (tertiary/aromatic N) is 1. The van der Waals surface area contributed by atoms with E-state index in [9.17, 15) is 4.79 Å². The van der Waals surface area contributed by atoms with Crippen molar-refractivity contribution in [1.82, 2.24) is 10.2 Å². The first kappa shape index (κ1) is 19.9. The molecule has 2 fully saturated rings. The topological polar surface area (TPSA) is 41.6 Å². The van der Waals surface area contributed by atoms with Gasteiger partial charge in [0.05, 0.1) is 0 Å². The molecule has 1 saturated carbocycles. The lowest BCUT2D eigenvalue weighted by Gasteiger charge is -2.36. The Morgan fingerprint density at radius 2 is 1.83 bits per heavy atom. The van der Waals surface area contributed by atoms with E-state index >= 15 is 4.39 Å². The van der Waals surface area contributed by atoms with Gasteiger partial charge in [-0.05, 0) is 24.5 Å². The molecule has 1 N–H and O–H groups in total. The van der Waals surface area contributed by atoms with Crippen LogP contribution in [0.15, 0.2) is 54.6 Å². The van der Waals surface area contributed by atoms with Gasteiger partial charge in [0.25, 0.3) is 0 Å². The van der Waals surface area contributed by atoms with Gasteiger partial charge in [0.2, 0.25) is 0 Å². The van der Waals surface area contributed by atoms with E-state index in [0.717, 1.165) is 12.0 Å². The Morgan fingerprint density at radius 1 is 1.14 bits per heavy atom. The van der Waals surface area contributed by atoms with Crippen LogP contribution in [0.5, 0.6) is 0 Å². The van der Waals surface area contributed by atoms with Crippen molar-refractivity contribution in [3.63, 3.8) is 0 Å². The minimum absolute atomic E-state index is 0.251. The van der Waals surface area contributed by atoms with Gasteiger partial charge >= 0.3 is 6.09 Å². The van der Waals surface area contributed by atoms with Crippen LogP contribution in [-0.4, -0.2) is 42.3 Å². The number of ether oxygens (including phenoxy) is 1. The van der Waals surface area contributed by atoms with Crippen molar-refractivity contribution >= 4 is 6.09 Å². The van der Waals surface area contributed by atoms with E-state index in [4.69, 9.17) is 4.74 Å². The predicted octanol–water partition coefficient (Wildman–Crippen LogP) is 4.58. The summed E-state index contributed by atoms with van der Waals surface area (Å²) in [6, 6.07) is 18.6. The second-order valence-electron chi connectivity index (χ2n) is 8.42. The van der Waals surface area contributed by atoms with Crippen LogP contribution in [0, 0.1) is 6.92 Å². The molecule has 1 heterocycles. The van der Waals surface area contributed by atoms with E-state index < -0.39 is 5.67 Å². The van der Waals surface area contributed by atoms with Gasteiger partial charge in [0, 0.05) is 44.4 Å². The third-order valence-electron chi connectivity index (χ3n) is 6.10. The summed E-state index contributed by atoms with van der Waals surface area (Å²) < 4.78 is 20.6. The fourth-order valence-electron chi connectivity index (χ4n) is 3.99. The maximum Gasteiger partial charge on any atom is 0.410 e. The van der Waals surface area contributed by atoms with Crippen LogP contribution in [0.2, 0.25) is 0 Å². The van der Waals surface area contributed by atoms with Crippen molar-refractivity contribution in [3.05, 3.63) is 71.3 Å². The zero-order valence-electron chi connectivity index (χ0n) is 16.9. The number of rotatable bonds is 6. The molecule has 1 saturated heterocycles. The Kier molecular flexibility index (Phi) is 5.86. The van der Waals surface area contributed by atoms with Gasteiger partial charge in [0.15, 0.2) is 0 Å². The number of aryl methyl sites for hydroxylation is 1. The lowest BCUT2D eigenvalue weighted by molar-refractivity contribution is 0.0408. The Hall–Kier alpha value is -2.40. The largest absolute Gasteiger partial charge is 0.445 e. The molecule has 4 rings (SSSR count). The highest BCUT2D eigenvalue weighted by molar-refractivity contribution is 5.67. The van der Waals surface area contributed by atoms with Crippen molar-refractivity contribution in [2.45, 2.75) is 50.4 Å². The average molecular weight is 397 g/mol. The Morgan fingerprint density at radius 3 is 2.52 bits per heavy atom. The molecular weight excluding hydrogens is 367 g/mol. The molecule has 0 bridgehead atoms. The summed E-state index contributed by atoms with van der Waals surface area (Å²) in [5.74, 6) is 0.493. The Balaban J connectivity index is 1.18. The Labute approximate surface area is 172 Å². The van der Waals surface area contributed by atoms with Crippen molar-refractivity contribution in [2.75, 3.05) is 19.6 Å². The molecule has 2 aliphatic rings. The standard InChI is InChI=1S/C24H29FN2O2/c1-18-7-9-20(10-8-18)21-15-22(21)26-17-24(25)11-13-27(14-12-24)23(28)29-16-19-5-3-2-4-6-19/h2-10,21-22,26H,11-17H2,1H3/t21-,22+/m0/s1. The van der Waals surface area contributed by atoms with E-state index in [1.165, 1.54) is 11.1 Å². The number of halogens is 1. The van der Waals surface area contributed by atoms with E-state index in [1.54, 1.807) is 4.90 Å². The van der Waals surface area contributed by atoms with Gasteiger partial charge < -0.3 is 15.0 Å². The monoisotopic (exact) mass is 396 g/mol. The third kappa shape index (κ3) is 5.15. The molecule has 29 heavy (non-hydrogen) atoms. The summed E-state index contributed by atoms with van der Waals surface area (Å²) in [5.41, 5.74) is 2.29. The molecule has 2 aromatic rings. The van der Waals surface area contributed by atoms with Gasteiger partial charge in [-0.3, -0.25) is 0 Å². The maximum absolute atomic E-state index is 15.2. The predicted molar refractivity (Wildman–Crippen MR) is 112 cm³/mol. The smallest absolute Gasteiger partial charge is 0.410 e. The summed E-state index contributed by atoms with van der Waals surface area (Å²) >= 11 is 0. The summed E-state index contributed by atoms with van der Waals surface area (Å²) in [6.45, 7) is 3.49. The number of piperidine rings is 1.